The molecule has 4 heteroatoms. The van der Waals surface area contributed by atoms with Crippen LogP contribution in [0.2, 0.25) is 0 Å². The van der Waals surface area contributed by atoms with Crippen LogP contribution in [-0.2, 0) is 11.3 Å². The Morgan fingerprint density at radius 2 is 2.67 bits per heavy atom. The molecule has 0 aromatic carbocycles. The highest BCUT2D eigenvalue weighted by molar-refractivity contribution is 5.66. The first-order valence-electron chi connectivity index (χ1n) is 2.38. The number of carbonyl (C=O) groups is 1. The molecule has 47 valence electrons. The Morgan fingerprint density at radius 1 is 1.89 bits per heavy atom. The lowest BCUT2D eigenvalue weighted by Crippen LogP contribution is -2.05. The van der Waals surface area contributed by atoms with Crippen LogP contribution in [0.5, 0.6) is 0 Å². The molecule has 4 nitrogen and oxygen atoms in total. The maximum atomic E-state index is 10.0. The van der Waals surface area contributed by atoms with E-state index in [9.17, 15) is 4.79 Å². The highest BCUT2D eigenvalue weighted by Crippen LogP contribution is 1.82. The minimum Gasteiger partial charge on any atom is -0.480 e. The maximum absolute atomic E-state index is 10.0. The normalized spacial score (nSPS) is 9.33. The van der Waals surface area contributed by atoms with Gasteiger partial charge in [0, 0.05) is 6.20 Å². The number of rotatable bonds is 2. The Labute approximate surface area is 51.8 Å². The first kappa shape index (κ1) is 5.81. The van der Waals surface area contributed by atoms with E-state index >= 15 is 0 Å². The van der Waals surface area contributed by atoms with Gasteiger partial charge in [-0.2, -0.15) is 0 Å². The minimum absolute atomic E-state index is 0.0451. The Bertz CT molecular complexity index is 193. The molecule has 1 aromatic heterocycles. The van der Waals surface area contributed by atoms with E-state index in [1.807, 2.05) is 0 Å². The summed E-state index contributed by atoms with van der Waals surface area (Å²) < 4.78 is 1.43. The summed E-state index contributed by atoms with van der Waals surface area (Å²) >= 11 is 0. The summed E-state index contributed by atoms with van der Waals surface area (Å²) in [5.41, 5.74) is 0. The Morgan fingerprint density at radius 3 is 3.11 bits per heavy atom. The van der Waals surface area contributed by atoms with E-state index < -0.39 is 5.97 Å². The molecular weight excluding hydrogens is 120 g/mol. The number of aromatic nitrogens is 2. The second-order valence-corrected chi connectivity index (χ2v) is 1.57. The predicted octanol–water partition coefficient (Wildman–Crippen LogP) is -0.232. The van der Waals surface area contributed by atoms with Gasteiger partial charge in [0.05, 0.1) is 6.33 Å². The van der Waals surface area contributed by atoms with Crippen molar-refractivity contribution in [2.75, 3.05) is 0 Å². The zero-order valence-corrected chi connectivity index (χ0v) is 4.61. The fourth-order valence-electron chi connectivity index (χ4n) is 0.491. The molecule has 1 aromatic rings. The molecule has 0 saturated carbocycles. The summed E-state index contributed by atoms with van der Waals surface area (Å²) in [6, 6.07) is 0. The molecular formula is C5H5N2O2. The average molecular weight is 125 g/mol. The van der Waals surface area contributed by atoms with E-state index in [-0.39, 0.29) is 6.54 Å². The van der Waals surface area contributed by atoms with Crippen LogP contribution >= 0.6 is 0 Å². The van der Waals surface area contributed by atoms with Crippen molar-refractivity contribution in [3.05, 3.63) is 18.7 Å². The van der Waals surface area contributed by atoms with E-state index in [2.05, 4.69) is 11.2 Å². The first-order chi connectivity index (χ1) is 4.29. The van der Waals surface area contributed by atoms with Crippen molar-refractivity contribution in [3.8, 4) is 0 Å². The van der Waals surface area contributed by atoms with Crippen molar-refractivity contribution in [1.29, 1.82) is 0 Å². The maximum Gasteiger partial charge on any atom is 0.323 e. The van der Waals surface area contributed by atoms with Crippen LogP contribution in [0.4, 0.5) is 0 Å². The number of carboxylic acid groups (broad SMARTS) is 1. The van der Waals surface area contributed by atoms with Crippen LogP contribution in [0.25, 0.3) is 0 Å². The van der Waals surface area contributed by atoms with Crippen molar-refractivity contribution >= 4 is 5.97 Å². The largest absolute Gasteiger partial charge is 0.480 e. The van der Waals surface area contributed by atoms with E-state index in [0.717, 1.165) is 0 Å². The van der Waals surface area contributed by atoms with Gasteiger partial charge in [-0.05, 0) is 0 Å². The molecule has 0 fully saturated rings. The Hall–Kier alpha value is -1.32. The number of hydrogen-bond donors (Lipinski definition) is 1. The van der Waals surface area contributed by atoms with Gasteiger partial charge in [0.15, 0.2) is 0 Å². The molecule has 1 N–H and O–H groups in total. The fraction of sp³-hybridized carbons (Fsp3) is 0.200. The molecule has 1 rings (SSSR count). The lowest BCUT2D eigenvalue weighted by molar-refractivity contribution is -0.137. The van der Waals surface area contributed by atoms with Crippen LogP contribution in [0.1, 0.15) is 0 Å². The SMILES string of the molecule is O=C(O)Cn1c[c]nc1. The van der Waals surface area contributed by atoms with Gasteiger partial charge in [0.1, 0.15) is 12.7 Å². The van der Waals surface area contributed by atoms with E-state index in [0.29, 0.717) is 0 Å². The lowest BCUT2D eigenvalue weighted by Gasteiger charge is -1.91. The molecule has 9 heavy (non-hydrogen) atoms. The summed E-state index contributed by atoms with van der Waals surface area (Å²) in [6.45, 7) is -0.0451. The van der Waals surface area contributed by atoms with Gasteiger partial charge in [0.2, 0.25) is 0 Å². The van der Waals surface area contributed by atoms with Crippen molar-refractivity contribution in [1.82, 2.24) is 9.55 Å². The smallest absolute Gasteiger partial charge is 0.323 e. The van der Waals surface area contributed by atoms with Gasteiger partial charge in [-0.15, -0.1) is 0 Å². The fourth-order valence-corrected chi connectivity index (χ4v) is 0.491. The van der Waals surface area contributed by atoms with Gasteiger partial charge >= 0.3 is 5.97 Å². The Kier molecular flexibility index (Phi) is 1.48. The van der Waals surface area contributed by atoms with Crippen LogP contribution < -0.4 is 0 Å². The quantitative estimate of drug-likeness (QED) is 0.593. The summed E-state index contributed by atoms with van der Waals surface area (Å²) in [4.78, 5) is 13.6. The van der Waals surface area contributed by atoms with Gasteiger partial charge in [-0.3, -0.25) is 4.79 Å². The average Bonchev–Trinajstić information content (AvgIpc) is 2.15. The molecule has 0 bridgehead atoms. The molecule has 0 aliphatic heterocycles. The van der Waals surface area contributed by atoms with Crippen molar-refractivity contribution in [2.24, 2.45) is 0 Å². The topological polar surface area (TPSA) is 55.1 Å². The number of hydrogen-bond acceptors (Lipinski definition) is 2. The predicted molar refractivity (Wildman–Crippen MR) is 28.7 cm³/mol. The van der Waals surface area contributed by atoms with Crippen LogP contribution in [0.15, 0.2) is 12.5 Å². The van der Waals surface area contributed by atoms with Gasteiger partial charge < -0.3 is 9.67 Å². The number of aliphatic carboxylic acids is 1. The first-order valence-corrected chi connectivity index (χ1v) is 2.38. The molecule has 0 aliphatic rings. The third-order valence-electron chi connectivity index (χ3n) is 0.822. The van der Waals surface area contributed by atoms with Crippen LogP contribution in [0, 0.1) is 6.20 Å². The lowest BCUT2D eigenvalue weighted by atomic mass is 10.6. The zero-order valence-electron chi connectivity index (χ0n) is 4.61. The monoisotopic (exact) mass is 125 g/mol. The highest BCUT2D eigenvalue weighted by atomic mass is 16.4. The standard InChI is InChI=1S/C5H5N2O2/c8-5(9)3-7-2-1-6-4-7/h2,4H,3H2,(H,8,9). The third kappa shape index (κ3) is 1.56. The van der Waals surface area contributed by atoms with Crippen LogP contribution in [0.3, 0.4) is 0 Å². The summed E-state index contributed by atoms with van der Waals surface area (Å²) in [5, 5.41) is 8.22. The molecule has 0 aliphatic carbocycles. The Balaban J connectivity index is 2.58. The highest BCUT2D eigenvalue weighted by Gasteiger charge is 1.95. The van der Waals surface area contributed by atoms with Gasteiger partial charge in [-0.25, -0.2) is 4.98 Å². The van der Waals surface area contributed by atoms with E-state index in [4.69, 9.17) is 5.11 Å². The number of nitrogens with zero attached hydrogens (tertiary/aromatic N) is 2. The van der Waals surface area contributed by atoms with E-state index in [1.165, 1.54) is 17.1 Å². The molecule has 0 amide bonds. The van der Waals surface area contributed by atoms with E-state index in [1.54, 1.807) is 0 Å². The van der Waals surface area contributed by atoms with Crippen molar-refractivity contribution < 1.29 is 9.90 Å². The van der Waals surface area contributed by atoms with Crippen LogP contribution in [-0.4, -0.2) is 20.6 Å². The molecule has 1 heterocycles. The molecule has 0 unspecified atom stereocenters. The second kappa shape index (κ2) is 2.30. The molecule has 0 spiro atoms. The third-order valence-corrected chi connectivity index (χ3v) is 0.822. The summed E-state index contributed by atoms with van der Waals surface area (Å²) in [5.74, 6) is -0.874. The summed E-state index contributed by atoms with van der Waals surface area (Å²) in [7, 11) is 0. The minimum atomic E-state index is -0.874. The van der Waals surface area contributed by atoms with Crippen molar-refractivity contribution in [3.63, 3.8) is 0 Å². The summed E-state index contributed by atoms with van der Waals surface area (Å²) in [6.07, 6.45) is 5.38. The zero-order chi connectivity index (χ0) is 6.69. The second-order valence-electron chi connectivity index (χ2n) is 1.57. The molecule has 1 radical (unpaired) electrons. The van der Waals surface area contributed by atoms with Gasteiger partial charge in [0.25, 0.3) is 0 Å². The van der Waals surface area contributed by atoms with Gasteiger partial charge in [-0.1, -0.05) is 0 Å². The van der Waals surface area contributed by atoms with Crippen molar-refractivity contribution in [2.45, 2.75) is 6.54 Å². The molecule has 0 atom stereocenters. The number of carboxylic acids is 1. The number of imidazole rings is 1. The molecule has 0 saturated heterocycles.